The summed E-state index contributed by atoms with van der Waals surface area (Å²) in [6, 6.07) is 0. The predicted octanol–water partition coefficient (Wildman–Crippen LogP) is 2.35. The second-order valence-electron chi connectivity index (χ2n) is 6.04. The number of likely N-dealkylation sites (N-methyl/N-ethyl adjacent to an activating group) is 1. The molecule has 0 fully saturated rings. The molecule has 0 saturated carbocycles. The van der Waals surface area contributed by atoms with Gasteiger partial charge in [0, 0.05) is 27.7 Å². The van der Waals surface area contributed by atoms with Gasteiger partial charge in [-0.2, -0.15) is 10.2 Å². The third-order valence-corrected chi connectivity index (χ3v) is 4.04. The average molecular weight is 383 g/mol. The molecule has 11 heteroatoms. The molecule has 0 spiro atoms. The number of alkyl halides is 2. The molecule has 0 unspecified atom stereocenters. The fraction of sp³-hybridized carbons (Fsp3) is 0.500. The number of H-pyrrole nitrogens is 1. The summed E-state index contributed by atoms with van der Waals surface area (Å²) in [5.41, 5.74) is -0.384. The highest BCUT2D eigenvalue weighted by atomic mass is 19.3. The third kappa shape index (κ3) is 4.88. The van der Waals surface area contributed by atoms with Crippen LogP contribution in [0.1, 0.15) is 36.3 Å². The number of aromatic nitrogens is 4. The SMILES string of the molecule is CO[C@H](C)CN(C)/C(C)=N/c1c(C(=O)Nc2cn[nH]c2C(F)F)cnn1C. The number of hydrogen-bond donors (Lipinski definition) is 2. The molecule has 2 N–H and O–H groups in total. The van der Waals surface area contributed by atoms with Gasteiger partial charge in [0.1, 0.15) is 17.1 Å². The van der Waals surface area contributed by atoms with Gasteiger partial charge in [-0.15, -0.1) is 0 Å². The standard InChI is InChI=1S/C16H23F2N7O2/c1-9(27-5)8-24(3)10(2)21-15-11(6-20-25(15)4)16(26)22-12-7-19-23-13(12)14(17)18/h6-7,9,14H,8H2,1-5H3,(H,19,23)(H,22,26)/b21-10+/t9-/m1/s1. The number of aryl methyl sites for hydroxylation is 1. The Morgan fingerprint density at radius 2 is 2.19 bits per heavy atom. The smallest absolute Gasteiger partial charge is 0.281 e. The van der Waals surface area contributed by atoms with Gasteiger partial charge in [0.15, 0.2) is 5.82 Å². The summed E-state index contributed by atoms with van der Waals surface area (Å²) in [7, 11) is 5.12. The van der Waals surface area contributed by atoms with E-state index in [2.05, 4.69) is 25.6 Å². The van der Waals surface area contributed by atoms with E-state index < -0.39 is 18.0 Å². The molecule has 1 amide bonds. The molecule has 0 aliphatic carbocycles. The van der Waals surface area contributed by atoms with Crippen molar-refractivity contribution in [3.8, 4) is 0 Å². The molecule has 2 rings (SSSR count). The number of carbonyl (C=O) groups excluding carboxylic acids is 1. The first-order chi connectivity index (χ1) is 12.7. The molecule has 9 nitrogen and oxygen atoms in total. The first kappa shape index (κ1) is 20.5. The van der Waals surface area contributed by atoms with Crippen LogP contribution in [-0.4, -0.2) is 63.4 Å². The van der Waals surface area contributed by atoms with Gasteiger partial charge in [0.25, 0.3) is 12.3 Å². The number of amides is 1. The first-order valence-corrected chi connectivity index (χ1v) is 8.18. The van der Waals surface area contributed by atoms with Crippen LogP contribution in [0.4, 0.5) is 20.3 Å². The van der Waals surface area contributed by atoms with E-state index in [4.69, 9.17) is 4.74 Å². The van der Waals surface area contributed by atoms with Crippen molar-refractivity contribution in [1.82, 2.24) is 24.9 Å². The quantitative estimate of drug-likeness (QED) is 0.565. The van der Waals surface area contributed by atoms with Crippen molar-refractivity contribution in [2.75, 3.05) is 26.0 Å². The maximum Gasteiger partial charge on any atom is 0.281 e. The molecular weight excluding hydrogens is 360 g/mol. The number of ether oxygens (including phenoxy) is 1. The minimum Gasteiger partial charge on any atom is -0.380 e. The molecule has 2 aromatic heterocycles. The minimum absolute atomic E-state index is 0.00307. The first-order valence-electron chi connectivity index (χ1n) is 8.18. The Morgan fingerprint density at radius 1 is 1.48 bits per heavy atom. The van der Waals surface area contributed by atoms with E-state index in [0.29, 0.717) is 18.2 Å². The molecule has 0 bridgehead atoms. The number of nitrogens with one attached hydrogen (secondary N) is 2. The van der Waals surface area contributed by atoms with Crippen LogP contribution >= 0.6 is 0 Å². The lowest BCUT2D eigenvalue weighted by molar-refractivity contribution is 0.101. The van der Waals surface area contributed by atoms with E-state index in [-0.39, 0.29) is 17.4 Å². The van der Waals surface area contributed by atoms with Gasteiger partial charge in [-0.1, -0.05) is 0 Å². The lowest BCUT2D eigenvalue weighted by Gasteiger charge is -2.22. The van der Waals surface area contributed by atoms with Gasteiger partial charge in [-0.3, -0.25) is 14.6 Å². The van der Waals surface area contributed by atoms with Crippen molar-refractivity contribution in [1.29, 1.82) is 0 Å². The summed E-state index contributed by atoms with van der Waals surface area (Å²) in [4.78, 5) is 18.9. The minimum atomic E-state index is -2.78. The van der Waals surface area contributed by atoms with Crippen LogP contribution in [0.2, 0.25) is 0 Å². The average Bonchev–Trinajstić information content (AvgIpc) is 3.22. The maximum absolute atomic E-state index is 12.9. The van der Waals surface area contributed by atoms with Crippen molar-refractivity contribution in [3.63, 3.8) is 0 Å². The van der Waals surface area contributed by atoms with Crippen molar-refractivity contribution < 1.29 is 18.3 Å². The van der Waals surface area contributed by atoms with Crippen molar-refractivity contribution >= 4 is 23.2 Å². The number of aliphatic imine (C=N–C) groups is 1. The Balaban J connectivity index is 2.23. The van der Waals surface area contributed by atoms with Gasteiger partial charge in [-0.05, 0) is 13.8 Å². The molecular formula is C16H23F2N7O2. The van der Waals surface area contributed by atoms with Crippen molar-refractivity contribution in [2.24, 2.45) is 12.0 Å². The molecule has 0 aromatic carbocycles. The summed E-state index contributed by atoms with van der Waals surface area (Å²) < 4.78 is 32.5. The molecule has 0 saturated heterocycles. The van der Waals surface area contributed by atoms with E-state index in [0.717, 1.165) is 6.20 Å². The van der Waals surface area contributed by atoms with Crippen LogP contribution in [0.25, 0.3) is 0 Å². The summed E-state index contributed by atoms with van der Waals surface area (Å²) in [6.45, 7) is 4.33. The Hall–Kier alpha value is -2.82. The molecule has 148 valence electrons. The highest BCUT2D eigenvalue weighted by Crippen LogP contribution is 2.26. The van der Waals surface area contributed by atoms with Gasteiger partial charge >= 0.3 is 0 Å². The molecule has 1 atom stereocenters. The number of aromatic amines is 1. The van der Waals surface area contributed by atoms with E-state index in [1.807, 2.05) is 18.9 Å². The largest absolute Gasteiger partial charge is 0.380 e. The Kier molecular flexibility index (Phi) is 6.61. The number of rotatable bonds is 7. The van der Waals surface area contributed by atoms with E-state index in [1.54, 1.807) is 21.1 Å². The van der Waals surface area contributed by atoms with Crippen LogP contribution in [-0.2, 0) is 11.8 Å². The predicted molar refractivity (Wildman–Crippen MR) is 96.6 cm³/mol. The molecule has 2 aromatic rings. The van der Waals surface area contributed by atoms with Gasteiger partial charge in [-0.25, -0.2) is 13.8 Å². The van der Waals surface area contributed by atoms with Crippen LogP contribution in [0.3, 0.4) is 0 Å². The summed E-state index contributed by atoms with van der Waals surface area (Å²) >= 11 is 0. The number of nitrogens with zero attached hydrogens (tertiary/aromatic N) is 5. The Morgan fingerprint density at radius 3 is 2.81 bits per heavy atom. The number of halogens is 2. The number of amidine groups is 1. The molecule has 0 aliphatic rings. The summed E-state index contributed by atoms with van der Waals surface area (Å²) in [5, 5.41) is 12.2. The highest BCUT2D eigenvalue weighted by molar-refractivity contribution is 6.07. The van der Waals surface area contributed by atoms with Crippen LogP contribution in [0.5, 0.6) is 0 Å². The van der Waals surface area contributed by atoms with E-state index >= 15 is 0 Å². The second-order valence-corrected chi connectivity index (χ2v) is 6.04. The fourth-order valence-corrected chi connectivity index (χ4v) is 2.31. The fourth-order valence-electron chi connectivity index (χ4n) is 2.31. The van der Waals surface area contributed by atoms with Crippen LogP contribution in [0.15, 0.2) is 17.4 Å². The van der Waals surface area contributed by atoms with Crippen LogP contribution in [0, 0.1) is 0 Å². The second kappa shape index (κ2) is 8.71. The summed E-state index contributed by atoms with van der Waals surface area (Å²) in [6.07, 6.45) is -0.318. The van der Waals surface area contributed by atoms with Crippen LogP contribution < -0.4 is 5.32 Å². The molecule has 27 heavy (non-hydrogen) atoms. The normalized spacial score (nSPS) is 13.1. The summed E-state index contributed by atoms with van der Waals surface area (Å²) in [5.74, 6) is 0.350. The number of carbonyl (C=O) groups is 1. The Labute approximate surface area is 155 Å². The van der Waals surface area contributed by atoms with Gasteiger partial charge in [0.2, 0.25) is 0 Å². The number of methoxy groups -OCH3 is 1. The van der Waals surface area contributed by atoms with Crippen molar-refractivity contribution in [3.05, 3.63) is 23.7 Å². The zero-order chi connectivity index (χ0) is 20.1. The molecule has 0 aliphatic heterocycles. The Bertz CT molecular complexity index is 816. The number of hydrogen-bond acceptors (Lipinski definition) is 5. The molecule has 0 radical (unpaired) electrons. The lowest BCUT2D eigenvalue weighted by Crippen LogP contribution is -2.32. The highest BCUT2D eigenvalue weighted by Gasteiger charge is 2.21. The van der Waals surface area contributed by atoms with Crippen molar-refractivity contribution in [2.45, 2.75) is 26.4 Å². The topological polar surface area (TPSA) is 100 Å². The molecule has 2 heterocycles. The van der Waals surface area contributed by atoms with E-state index in [1.165, 1.54) is 10.9 Å². The zero-order valence-corrected chi connectivity index (χ0v) is 15.8. The lowest BCUT2D eigenvalue weighted by atomic mass is 10.3. The zero-order valence-electron chi connectivity index (χ0n) is 15.8. The van der Waals surface area contributed by atoms with Gasteiger partial charge < -0.3 is 15.0 Å². The van der Waals surface area contributed by atoms with E-state index in [9.17, 15) is 13.6 Å². The third-order valence-electron chi connectivity index (χ3n) is 4.04. The number of anilines is 1. The van der Waals surface area contributed by atoms with Gasteiger partial charge in [0.05, 0.1) is 24.2 Å². The monoisotopic (exact) mass is 383 g/mol. The maximum atomic E-state index is 12.9.